The molecule has 2 amide bonds. The topological polar surface area (TPSA) is 86.9 Å². The van der Waals surface area contributed by atoms with E-state index >= 15 is 0 Å². The zero-order valence-electron chi connectivity index (χ0n) is 14.3. The Kier molecular flexibility index (Phi) is 6.66. The lowest BCUT2D eigenvalue weighted by Gasteiger charge is -2.23. The quantitative estimate of drug-likeness (QED) is 0.639. The number of hydrogen-bond donors (Lipinski definition) is 3. The van der Waals surface area contributed by atoms with E-state index in [1.54, 1.807) is 0 Å². The minimum absolute atomic E-state index is 0.0973. The maximum atomic E-state index is 12.5. The fraction of sp³-hybridized carbons (Fsp3) is 0.471. The Labute approximate surface area is 146 Å². The third-order valence-electron chi connectivity index (χ3n) is 3.71. The van der Waals surface area contributed by atoms with Crippen molar-refractivity contribution in [2.24, 2.45) is 5.92 Å². The van der Waals surface area contributed by atoms with Crippen LogP contribution in [0.5, 0.6) is 0 Å². The summed E-state index contributed by atoms with van der Waals surface area (Å²) in [6, 6.07) is 7.70. The number of aromatic amines is 1. The average Bonchev–Trinajstić information content (AvgIpc) is 2.97. The van der Waals surface area contributed by atoms with Crippen molar-refractivity contribution in [1.29, 1.82) is 0 Å². The molecule has 0 aliphatic rings. The predicted octanol–water partition coefficient (Wildman–Crippen LogP) is 2.32. The summed E-state index contributed by atoms with van der Waals surface area (Å²) in [6.45, 7) is 6.74. The van der Waals surface area contributed by atoms with Crippen molar-refractivity contribution in [2.75, 3.05) is 13.1 Å². The highest BCUT2D eigenvalue weighted by Gasteiger charge is 2.33. The van der Waals surface area contributed by atoms with Crippen LogP contribution in [0.25, 0.3) is 11.0 Å². The Morgan fingerprint density at radius 1 is 1.12 bits per heavy atom. The molecule has 7 heteroatoms. The number of para-hydroxylation sites is 2. The Bertz CT molecular complexity index is 668. The van der Waals surface area contributed by atoms with Crippen LogP contribution in [-0.4, -0.2) is 40.1 Å². The first-order valence-corrected chi connectivity index (χ1v) is 9.15. The molecular formula is C17H24N4O2S. The van der Waals surface area contributed by atoms with Crippen molar-refractivity contribution in [3.63, 3.8) is 0 Å². The van der Waals surface area contributed by atoms with Gasteiger partial charge in [-0.1, -0.05) is 30.8 Å². The summed E-state index contributed by atoms with van der Waals surface area (Å²) in [5.74, 6) is -0.643. The van der Waals surface area contributed by atoms with Crippen molar-refractivity contribution in [1.82, 2.24) is 20.6 Å². The lowest BCUT2D eigenvalue weighted by Crippen LogP contribution is -2.44. The van der Waals surface area contributed by atoms with Crippen LogP contribution in [0.4, 0.5) is 0 Å². The smallest absolute Gasteiger partial charge is 0.234 e. The van der Waals surface area contributed by atoms with Crippen LogP contribution in [-0.2, 0) is 9.59 Å². The molecule has 0 bridgehead atoms. The van der Waals surface area contributed by atoms with Crippen LogP contribution in [0.3, 0.4) is 0 Å². The van der Waals surface area contributed by atoms with Gasteiger partial charge in [-0.2, -0.15) is 0 Å². The highest BCUT2D eigenvalue weighted by molar-refractivity contribution is 8.00. The Morgan fingerprint density at radius 3 is 2.42 bits per heavy atom. The van der Waals surface area contributed by atoms with E-state index in [1.807, 2.05) is 45.0 Å². The van der Waals surface area contributed by atoms with Gasteiger partial charge in [-0.25, -0.2) is 4.98 Å². The predicted molar refractivity (Wildman–Crippen MR) is 96.9 cm³/mol. The standard InChI is InChI=1S/C17H24N4O2S/c1-4-11(15(22)18-5-2)14(16(23)19-6-3)24-17-20-12-9-7-8-10-13(12)21-17/h7-11,14H,4-6H2,1-3H3,(H,18,22)(H,19,23)(H,20,21). The molecule has 0 saturated carbocycles. The van der Waals surface area contributed by atoms with Crippen molar-refractivity contribution in [3.8, 4) is 0 Å². The summed E-state index contributed by atoms with van der Waals surface area (Å²) >= 11 is 1.31. The molecule has 130 valence electrons. The second kappa shape index (κ2) is 8.73. The number of fused-ring (bicyclic) bond motifs is 1. The molecule has 2 atom stereocenters. The van der Waals surface area contributed by atoms with Gasteiger partial charge < -0.3 is 15.6 Å². The average molecular weight is 348 g/mol. The molecule has 3 N–H and O–H groups in total. The molecule has 0 radical (unpaired) electrons. The molecule has 0 aliphatic heterocycles. The second-order valence-electron chi connectivity index (χ2n) is 5.40. The highest BCUT2D eigenvalue weighted by Crippen LogP contribution is 2.30. The molecule has 0 saturated heterocycles. The highest BCUT2D eigenvalue weighted by atomic mass is 32.2. The number of hydrogen-bond acceptors (Lipinski definition) is 4. The van der Waals surface area contributed by atoms with Gasteiger partial charge in [-0.05, 0) is 32.4 Å². The molecular weight excluding hydrogens is 324 g/mol. The van der Waals surface area contributed by atoms with E-state index in [1.165, 1.54) is 11.8 Å². The molecule has 2 rings (SSSR count). The number of benzene rings is 1. The van der Waals surface area contributed by atoms with Gasteiger partial charge in [-0.3, -0.25) is 9.59 Å². The van der Waals surface area contributed by atoms with Gasteiger partial charge in [0.2, 0.25) is 11.8 Å². The SMILES string of the molecule is CCNC(=O)C(CC)C(Sc1nc2ccccc2[nH]1)C(=O)NCC. The third-order valence-corrected chi connectivity index (χ3v) is 4.92. The van der Waals surface area contributed by atoms with E-state index in [2.05, 4.69) is 20.6 Å². The third kappa shape index (κ3) is 4.29. The van der Waals surface area contributed by atoms with Crippen LogP contribution in [0.15, 0.2) is 29.4 Å². The molecule has 1 heterocycles. The van der Waals surface area contributed by atoms with Crippen molar-refractivity contribution < 1.29 is 9.59 Å². The summed E-state index contributed by atoms with van der Waals surface area (Å²) in [5, 5.41) is 5.78. The van der Waals surface area contributed by atoms with Gasteiger partial charge in [0.15, 0.2) is 5.16 Å². The number of nitrogens with zero attached hydrogens (tertiary/aromatic N) is 1. The van der Waals surface area contributed by atoms with E-state index in [0.29, 0.717) is 24.7 Å². The first-order valence-electron chi connectivity index (χ1n) is 8.27. The summed E-state index contributed by atoms with van der Waals surface area (Å²) in [4.78, 5) is 32.6. The lowest BCUT2D eigenvalue weighted by atomic mass is 10.00. The first-order chi connectivity index (χ1) is 11.6. The molecule has 0 aliphatic carbocycles. The Balaban J connectivity index is 2.27. The molecule has 0 spiro atoms. The first kappa shape index (κ1) is 18.3. The monoisotopic (exact) mass is 348 g/mol. The molecule has 24 heavy (non-hydrogen) atoms. The van der Waals surface area contributed by atoms with Crippen LogP contribution in [0, 0.1) is 5.92 Å². The van der Waals surface area contributed by atoms with E-state index in [9.17, 15) is 9.59 Å². The van der Waals surface area contributed by atoms with Crippen LogP contribution >= 0.6 is 11.8 Å². The van der Waals surface area contributed by atoms with Crippen molar-refractivity contribution in [3.05, 3.63) is 24.3 Å². The molecule has 6 nitrogen and oxygen atoms in total. The van der Waals surface area contributed by atoms with E-state index < -0.39 is 11.2 Å². The number of imidazole rings is 1. The van der Waals surface area contributed by atoms with Gasteiger partial charge in [0.05, 0.1) is 17.0 Å². The number of aromatic nitrogens is 2. The molecule has 0 fully saturated rings. The van der Waals surface area contributed by atoms with Crippen molar-refractivity contribution >= 4 is 34.6 Å². The lowest BCUT2D eigenvalue weighted by molar-refractivity contribution is -0.129. The minimum atomic E-state index is -0.526. The molecule has 1 aromatic heterocycles. The van der Waals surface area contributed by atoms with Gasteiger partial charge in [0.25, 0.3) is 0 Å². The number of carbonyl (C=O) groups excluding carboxylic acids is 2. The number of nitrogens with one attached hydrogen (secondary N) is 3. The fourth-order valence-electron chi connectivity index (χ4n) is 2.54. The molecule has 2 aromatic rings. The van der Waals surface area contributed by atoms with Crippen LogP contribution < -0.4 is 10.6 Å². The zero-order chi connectivity index (χ0) is 17.5. The van der Waals surface area contributed by atoms with Gasteiger partial charge in [0, 0.05) is 13.1 Å². The number of H-pyrrole nitrogens is 1. The van der Waals surface area contributed by atoms with Gasteiger partial charge in [-0.15, -0.1) is 0 Å². The zero-order valence-corrected chi connectivity index (χ0v) is 15.1. The molecule has 2 unspecified atom stereocenters. The minimum Gasteiger partial charge on any atom is -0.356 e. The van der Waals surface area contributed by atoms with Gasteiger partial charge >= 0.3 is 0 Å². The van der Waals surface area contributed by atoms with E-state index in [-0.39, 0.29) is 11.8 Å². The summed E-state index contributed by atoms with van der Waals surface area (Å²) in [5.41, 5.74) is 1.77. The maximum Gasteiger partial charge on any atom is 0.234 e. The summed E-state index contributed by atoms with van der Waals surface area (Å²) in [6.07, 6.45) is 0.584. The normalized spacial score (nSPS) is 13.5. The van der Waals surface area contributed by atoms with Gasteiger partial charge in [0.1, 0.15) is 5.25 Å². The second-order valence-corrected chi connectivity index (χ2v) is 6.53. The number of amides is 2. The molecule has 1 aromatic carbocycles. The number of thioether (sulfide) groups is 1. The fourth-order valence-corrected chi connectivity index (χ4v) is 3.77. The number of rotatable bonds is 8. The Hall–Kier alpha value is -2.02. The summed E-state index contributed by atoms with van der Waals surface area (Å²) in [7, 11) is 0. The van der Waals surface area contributed by atoms with Crippen LogP contribution in [0.2, 0.25) is 0 Å². The summed E-state index contributed by atoms with van der Waals surface area (Å²) < 4.78 is 0. The van der Waals surface area contributed by atoms with Crippen LogP contribution in [0.1, 0.15) is 27.2 Å². The van der Waals surface area contributed by atoms with Crippen molar-refractivity contribution in [2.45, 2.75) is 37.6 Å². The Morgan fingerprint density at radius 2 is 1.79 bits per heavy atom. The van der Waals surface area contributed by atoms with E-state index in [4.69, 9.17) is 0 Å². The number of carbonyl (C=O) groups is 2. The largest absolute Gasteiger partial charge is 0.356 e. The maximum absolute atomic E-state index is 12.5. The van der Waals surface area contributed by atoms with E-state index in [0.717, 1.165) is 11.0 Å².